The number of nitrogens with zero attached hydrogens (tertiary/aromatic N) is 2. The number of carbonyl (C=O) groups excluding carboxylic acids is 1. The summed E-state index contributed by atoms with van der Waals surface area (Å²) in [6, 6.07) is 15.2. The molecule has 2 aromatic carbocycles. The Morgan fingerprint density at radius 1 is 1.20 bits per heavy atom. The van der Waals surface area contributed by atoms with Crippen LogP contribution in [0.2, 0.25) is 0 Å². The fourth-order valence-corrected chi connectivity index (χ4v) is 3.38. The first kappa shape index (κ1) is 16.6. The van der Waals surface area contributed by atoms with Gasteiger partial charge in [-0.3, -0.25) is 9.59 Å². The molecule has 1 amide bonds. The molecule has 0 atom stereocenters. The molecule has 0 saturated carbocycles. The number of nitriles is 1. The van der Waals surface area contributed by atoms with Crippen LogP contribution in [0.15, 0.2) is 42.5 Å². The van der Waals surface area contributed by atoms with Crippen LogP contribution < -0.4 is 5.32 Å². The lowest BCUT2D eigenvalue weighted by Gasteiger charge is -2.01. The topological polar surface area (TPSA) is 103 Å². The Morgan fingerprint density at radius 2 is 2.00 bits per heavy atom. The number of fused-ring (bicyclic) bond motifs is 1. The normalized spacial score (nSPS) is 10.4. The van der Waals surface area contributed by atoms with Crippen molar-refractivity contribution in [3.8, 4) is 17.2 Å². The summed E-state index contributed by atoms with van der Waals surface area (Å²) in [6.07, 6.45) is 0.0475. The highest BCUT2D eigenvalue weighted by atomic mass is 32.1. The van der Waals surface area contributed by atoms with E-state index in [-0.39, 0.29) is 12.3 Å². The van der Waals surface area contributed by atoms with Gasteiger partial charge in [-0.05, 0) is 35.4 Å². The van der Waals surface area contributed by atoms with Crippen LogP contribution in [-0.4, -0.2) is 28.5 Å². The predicted molar refractivity (Wildman–Crippen MR) is 94.1 cm³/mol. The first-order valence-electron chi connectivity index (χ1n) is 7.43. The number of carboxylic acid groups (broad SMARTS) is 1. The quantitative estimate of drug-likeness (QED) is 0.735. The highest BCUT2D eigenvalue weighted by Crippen LogP contribution is 2.28. The minimum absolute atomic E-state index is 0.0475. The Morgan fingerprint density at radius 3 is 2.76 bits per heavy atom. The molecule has 0 radical (unpaired) electrons. The molecule has 1 aromatic heterocycles. The minimum Gasteiger partial charge on any atom is -0.480 e. The van der Waals surface area contributed by atoms with Gasteiger partial charge in [-0.25, -0.2) is 4.98 Å². The smallest absolute Gasteiger partial charge is 0.322 e. The van der Waals surface area contributed by atoms with Gasteiger partial charge in [0, 0.05) is 0 Å². The number of hydrogen-bond donors (Lipinski definition) is 2. The Bertz CT molecular complexity index is 1000. The summed E-state index contributed by atoms with van der Waals surface area (Å²) in [7, 11) is 0. The number of thiazole rings is 1. The Hall–Kier alpha value is -3.24. The number of carboxylic acids is 1. The fourth-order valence-electron chi connectivity index (χ4n) is 2.37. The highest BCUT2D eigenvalue weighted by molar-refractivity contribution is 7.18. The maximum Gasteiger partial charge on any atom is 0.322 e. The zero-order valence-corrected chi connectivity index (χ0v) is 13.8. The van der Waals surface area contributed by atoms with Crippen molar-refractivity contribution in [3.05, 3.63) is 53.0 Å². The van der Waals surface area contributed by atoms with E-state index in [4.69, 9.17) is 10.4 Å². The Kier molecular flexibility index (Phi) is 4.73. The molecule has 0 spiro atoms. The summed E-state index contributed by atoms with van der Waals surface area (Å²) in [5.41, 5.74) is 3.29. The van der Waals surface area contributed by atoms with Gasteiger partial charge in [0.25, 0.3) is 0 Å². The molecular weight excluding hydrogens is 338 g/mol. The number of aromatic nitrogens is 1. The molecule has 6 nitrogen and oxygen atoms in total. The van der Waals surface area contributed by atoms with Crippen molar-refractivity contribution < 1.29 is 14.7 Å². The average Bonchev–Trinajstić information content (AvgIpc) is 3.01. The first-order chi connectivity index (χ1) is 12.0. The summed E-state index contributed by atoms with van der Waals surface area (Å²) in [5, 5.41) is 20.5. The van der Waals surface area contributed by atoms with E-state index in [2.05, 4.69) is 16.4 Å². The number of aliphatic carboxylic acids is 1. The second kappa shape index (κ2) is 7.11. The molecule has 1 heterocycles. The number of hydrogen-bond acceptors (Lipinski definition) is 5. The average molecular weight is 351 g/mol. The molecule has 3 rings (SSSR count). The molecule has 0 aliphatic rings. The second-order valence-corrected chi connectivity index (χ2v) is 6.45. The molecule has 0 unspecified atom stereocenters. The molecule has 3 aromatic rings. The van der Waals surface area contributed by atoms with Gasteiger partial charge in [-0.1, -0.05) is 18.2 Å². The second-order valence-electron chi connectivity index (χ2n) is 5.33. The molecule has 0 bridgehead atoms. The molecule has 25 heavy (non-hydrogen) atoms. The van der Waals surface area contributed by atoms with Gasteiger partial charge in [0.15, 0.2) is 0 Å². The third-order valence-electron chi connectivity index (χ3n) is 3.51. The van der Waals surface area contributed by atoms with E-state index in [9.17, 15) is 9.59 Å². The van der Waals surface area contributed by atoms with Crippen molar-refractivity contribution in [1.29, 1.82) is 5.26 Å². The minimum atomic E-state index is -1.08. The maximum atomic E-state index is 11.7. The van der Waals surface area contributed by atoms with E-state index in [1.807, 2.05) is 36.4 Å². The van der Waals surface area contributed by atoms with Crippen LogP contribution in [0.3, 0.4) is 0 Å². The van der Waals surface area contributed by atoms with Crippen LogP contribution >= 0.6 is 11.3 Å². The number of amides is 1. The van der Waals surface area contributed by atoms with Gasteiger partial charge in [-0.15, -0.1) is 11.3 Å². The van der Waals surface area contributed by atoms with Gasteiger partial charge in [0.05, 0.1) is 28.3 Å². The third kappa shape index (κ3) is 4.00. The van der Waals surface area contributed by atoms with Crippen molar-refractivity contribution in [2.45, 2.75) is 6.42 Å². The molecule has 0 aliphatic heterocycles. The lowest BCUT2D eigenvalue weighted by atomic mass is 10.0. The lowest BCUT2D eigenvalue weighted by molar-refractivity contribution is -0.137. The van der Waals surface area contributed by atoms with Gasteiger partial charge in [0.1, 0.15) is 11.6 Å². The molecule has 7 heteroatoms. The van der Waals surface area contributed by atoms with Gasteiger partial charge < -0.3 is 10.4 Å². The Labute approximate surface area is 147 Å². The first-order valence-corrected chi connectivity index (χ1v) is 8.25. The molecule has 2 N–H and O–H groups in total. The SMILES string of the molecule is N#Cc1cccc(-c2ccc3nc(CC(=O)NCC(=O)O)sc3c2)c1. The van der Waals surface area contributed by atoms with E-state index in [0.717, 1.165) is 21.3 Å². The van der Waals surface area contributed by atoms with Crippen LogP contribution in [-0.2, 0) is 16.0 Å². The van der Waals surface area contributed by atoms with Crippen molar-refractivity contribution in [2.24, 2.45) is 0 Å². The standard InChI is InChI=1S/C18H13N3O3S/c19-9-11-2-1-3-12(6-11)13-4-5-14-15(7-13)25-17(21-14)8-16(22)20-10-18(23)24/h1-7H,8,10H2,(H,20,22)(H,23,24). The fraction of sp³-hybridized carbons (Fsp3) is 0.111. The summed E-state index contributed by atoms with van der Waals surface area (Å²) in [4.78, 5) is 26.6. The van der Waals surface area contributed by atoms with Crippen molar-refractivity contribution in [2.75, 3.05) is 6.54 Å². The van der Waals surface area contributed by atoms with E-state index < -0.39 is 12.5 Å². The summed E-state index contributed by atoms with van der Waals surface area (Å²) >= 11 is 1.39. The van der Waals surface area contributed by atoms with Crippen molar-refractivity contribution >= 4 is 33.4 Å². The summed E-state index contributed by atoms with van der Waals surface area (Å²) < 4.78 is 0.931. The zero-order chi connectivity index (χ0) is 17.8. The van der Waals surface area contributed by atoms with E-state index in [0.29, 0.717) is 10.6 Å². The largest absolute Gasteiger partial charge is 0.480 e. The van der Waals surface area contributed by atoms with Gasteiger partial charge in [0.2, 0.25) is 5.91 Å². The van der Waals surface area contributed by atoms with Gasteiger partial charge in [-0.2, -0.15) is 5.26 Å². The number of benzene rings is 2. The van der Waals surface area contributed by atoms with Crippen LogP contribution in [0.25, 0.3) is 21.3 Å². The van der Waals surface area contributed by atoms with Gasteiger partial charge >= 0.3 is 5.97 Å². The van der Waals surface area contributed by atoms with E-state index in [1.54, 1.807) is 6.07 Å². The number of rotatable bonds is 5. The molecular formula is C18H13N3O3S. The van der Waals surface area contributed by atoms with Crippen molar-refractivity contribution in [3.63, 3.8) is 0 Å². The highest BCUT2D eigenvalue weighted by Gasteiger charge is 2.11. The van der Waals surface area contributed by atoms with Crippen LogP contribution in [0.4, 0.5) is 0 Å². The summed E-state index contributed by atoms with van der Waals surface area (Å²) in [5.74, 6) is -1.45. The van der Waals surface area contributed by atoms with Crippen LogP contribution in [0.5, 0.6) is 0 Å². The predicted octanol–water partition coefficient (Wildman–Crippen LogP) is 2.58. The number of carbonyl (C=O) groups is 2. The number of nitrogens with one attached hydrogen (secondary N) is 1. The Balaban J connectivity index is 1.83. The van der Waals surface area contributed by atoms with Crippen LogP contribution in [0.1, 0.15) is 10.6 Å². The molecule has 0 fully saturated rings. The van der Waals surface area contributed by atoms with Crippen molar-refractivity contribution in [1.82, 2.24) is 10.3 Å². The molecule has 0 aliphatic carbocycles. The van der Waals surface area contributed by atoms with E-state index >= 15 is 0 Å². The molecule has 0 saturated heterocycles. The van der Waals surface area contributed by atoms with Crippen LogP contribution in [0, 0.1) is 11.3 Å². The molecule has 124 valence electrons. The zero-order valence-electron chi connectivity index (χ0n) is 13.0. The monoisotopic (exact) mass is 351 g/mol. The maximum absolute atomic E-state index is 11.7. The lowest BCUT2D eigenvalue weighted by Crippen LogP contribution is -2.30. The summed E-state index contributed by atoms with van der Waals surface area (Å²) in [6.45, 7) is -0.400. The third-order valence-corrected chi connectivity index (χ3v) is 4.52. The van der Waals surface area contributed by atoms with E-state index in [1.165, 1.54) is 11.3 Å².